The Bertz CT molecular complexity index is 317. The van der Waals surface area contributed by atoms with Crippen LogP contribution in [0.4, 0.5) is 10.1 Å². The first kappa shape index (κ1) is 10.2. The molecule has 2 rings (SSSR count). The van der Waals surface area contributed by atoms with Crippen molar-refractivity contribution in [1.82, 2.24) is 0 Å². The van der Waals surface area contributed by atoms with Gasteiger partial charge in [0.25, 0.3) is 0 Å². The average molecular weight is 211 g/mol. The van der Waals surface area contributed by atoms with Crippen molar-refractivity contribution >= 4 is 5.69 Å². The van der Waals surface area contributed by atoms with E-state index >= 15 is 0 Å². The first-order valence-corrected chi connectivity index (χ1v) is 5.06. The molecule has 1 aromatic carbocycles. The van der Waals surface area contributed by atoms with Gasteiger partial charge in [-0.05, 0) is 12.1 Å². The number of para-hydroxylation sites is 1. The molecule has 15 heavy (non-hydrogen) atoms. The molecule has 3 nitrogen and oxygen atoms in total. The van der Waals surface area contributed by atoms with Gasteiger partial charge in [-0.2, -0.15) is 0 Å². The second kappa shape index (κ2) is 4.49. The van der Waals surface area contributed by atoms with E-state index in [0.717, 1.165) is 12.8 Å². The molecule has 1 aliphatic rings. The van der Waals surface area contributed by atoms with Crippen molar-refractivity contribution in [2.24, 2.45) is 0 Å². The molecule has 0 amide bonds. The van der Waals surface area contributed by atoms with Gasteiger partial charge in [0.05, 0.1) is 18.9 Å². The molecule has 0 saturated carbocycles. The molecular weight excluding hydrogens is 197 g/mol. The third kappa shape index (κ3) is 2.39. The normalized spacial score (nSPS) is 17.7. The monoisotopic (exact) mass is 211 g/mol. The molecule has 0 bridgehead atoms. The Morgan fingerprint density at radius 2 is 2.07 bits per heavy atom. The van der Waals surface area contributed by atoms with Gasteiger partial charge in [0.1, 0.15) is 6.10 Å². The van der Waals surface area contributed by atoms with Crippen molar-refractivity contribution in [3.8, 4) is 5.75 Å². The van der Waals surface area contributed by atoms with Crippen molar-refractivity contribution in [1.29, 1.82) is 0 Å². The highest BCUT2D eigenvalue weighted by Gasteiger charge is 2.18. The van der Waals surface area contributed by atoms with Gasteiger partial charge in [-0.25, -0.2) is 4.39 Å². The molecule has 4 heteroatoms. The standard InChI is InChI=1S/C11H14FNO2/c12-9-2-1-3-10(13)11(9)15-8-4-6-14-7-5-8/h1-3,8H,4-7,13H2. The van der Waals surface area contributed by atoms with Crippen LogP contribution < -0.4 is 10.5 Å². The van der Waals surface area contributed by atoms with Gasteiger partial charge in [0.15, 0.2) is 11.6 Å². The van der Waals surface area contributed by atoms with Crippen molar-refractivity contribution < 1.29 is 13.9 Å². The van der Waals surface area contributed by atoms with Crippen LogP contribution in [0.25, 0.3) is 0 Å². The Kier molecular flexibility index (Phi) is 3.06. The van der Waals surface area contributed by atoms with Crippen LogP contribution in [0.5, 0.6) is 5.75 Å². The van der Waals surface area contributed by atoms with Gasteiger partial charge in [-0.1, -0.05) is 6.07 Å². The fourth-order valence-corrected chi connectivity index (χ4v) is 1.61. The summed E-state index contributed by atoms with van der Waals surface area (Å²) in [5.41, 5.74) is 5.99. The Labute approximate surface area is 88.0 Å². The number of nitrogen functional groups attached to an aromatic ring is 1. The first-order chi connectivity index (χ1) is 7.27. The minimum Gasteiger partial charge on any atom is -0.485 e. The molecule has 0 aliphatic carbocycles. The predicted octanol–water partition coefficient (Wildman–Crippen LogP) is 1.97. The first-order valence-electron chi connectivity index (χ1n) is 5.06. The zero-order valence-corrected chi connectivity index (χ0v) is 8.41. The summed E-state index contributed by atoms with van der Waals surface area (Å²) in [5, 5.41) is 0. The van der Waals surface area contributed by atoms with Crippen LogP contribution in [0.2, 0.25) is 0 Å². The Balaban J connectivity index is 2.09. The molecular formula is C11H14FNO2. The lowest BCUT2D eigenvalue weighted by Crippen LogP contribution is -2.26. The lowest BCUT2D eigenvalue weighted by molar-refractivity contribution is 0.0243. The van der Waals surface area contributed by atoms with E-state index in [-0.39, 0.29) is 11.9 Å². The van der Waals surface area contributed by atoms with Gasteiger partial charge in [-0.15, -0.1) is 0 Å². The maximum atomic E-state index is 13.4. The van der Waals surface area contributed by atoms with Gasteiger partial charge < -0.3 is 15.2 Å². The van der Waals surface area contributed by atoms with Gasteiger partial charge in [-0.3, -0.25) is 0 Å². The van der Waals surface area contributed by atoms with Crippen molar-refractivity contribution in [2.45, 2.75) is 18.9 Å². The summed E-state index contributed by atoms with van der Waals surface area (Å²) in [6.07, 6.45) is 1.58. The summed E-state index contributed by atoms with van der Waals surface area (Å²) in [5.74, 6) is -0.231. The molecule has 0 radical (unpaired) electrons. The average Bonchev–Trinajstić information content (AvgIpc) is 2.25. The van der Waals surface area contributed by atoms with Crippen molar-refractivity contribution in [2.75, 3.05) is 18.9 Å². The number of nitrogens with two attached hydrogens (primary N) is 1. The van der Waals surface area contributed by atoms with Gasteiger partial charge >= 0.3 is 0 Å². The van der Waals surface area contributed by atoms with E-state index in [1.165, 1.54) is 6.07 Å². The number of anilines is 1. The number of rotatable bonds is 2. The van der Waals surface area contributed by atoms with Crippen LogP contribution in [0.1, 0.15) is 12.8 Å². The largest absolute Gasteiger partial charge is 0.485 e. The lowest BCUT2D eigenvalue weighted by atomic mass is 10.1. The minimum absolute atomic E-state index is 0.0120. The topological polar surface area (TPSA) is 44.5 Å². The van der Waals surface area contributed by atoms with Crippen LogP contribution in [0.15, 0.2) is 18.2 Å². The Morgan fingerprint density at radius 1 is 1.33 bits per heavy atom. The number of hydrogen-bond acceptors (Lipinski definition) is 3. The number of halogens is 1. The molecule has 1 saturated heterocycles. The molecule has 0 atom stereocenters. The van der Waals surface area contributed by atoms with E-state index in [1.807, 2.05) is 0 Å². The van der Waals surface area contributed by atoms with Gasteiger partial charge in [0.2, 0.25) is 0 Å². The van der Waals surface area contributed by atoms with Crippen molar-refractivity contribution in [3.05, 3.63) is 24.0 Å². The third-order valence-corrected chi connectivity index (χ3v) is 2.45. The van der Waals surface area contributed by atoms with Crippen LogP contribution in [-0.2, 0) is 4.74 Å². The molecule has 1 fully saturated rings. The predicted molar refractivity (Wildman–Crippen MR) is 55.3 cm³/mol. The summed E-state index contributed by atoms with van der Waals surface area (Å²) in [4.78, 5) is 0. The molecule has 1 aliphatic heterocycles. The van der Waals surface area contributed by atoms with Crippen LogP contribution >= 0.6 is 0 Å². The van der Waals surface area contributed by atoms with E-state index in [1.54, 1.807) is 12.1 Å². The zero-order chi connectivity index (χ0) is 10.7. The summed E-state index contributed by atoms with van der Waals surface area (Å²) in [7, 11) is 0. The molecule has 1 heterocycles. The van der Waals surface area contributed by atoms with Crippen molar-refractivity contribution in [3.63, 3.8) is 0 Å². The van der Waals surface area contributed by atoms with Crippen LogP contribution in [0.3, 0.4) is 0 Å². The molecule has 2 N–H and O–H groups in total. The van der Waals surface area contributed by atoms with Crippen LogP contribution in [-0.4, -0.2) is 19.3 Å². The second-order valence-electron chi connectivity index (χ2n) is 3.59. The smallest absolute Gasteiger partial charge is 0.178 e. The molecule has 82 valence electrons. The molecule has 0 unspecified atom stereocenters. The lowest BCUT2D eigenvalue weighted by Gasteiger charge is -2.24. The minimum atomic E-state index is -0.401. The van der Waals surface area contributed by atoms with E-state index < -0.39 is 5.82 Å². The van der Waals surface area contributed by atoms with E-state index in [2.05, 4.69) is 0 Å². The highest BCUT2D eigenvalue weighted by Crippen LogP contribution is 2.27. The highest BCUT2D eigenvalue weighted by atomic mass is 19.1. The Hall–Kier alpha value is -1.29. The number of ether oxygens (including phenoxy) is 2. The number of benzene rings is 1. The Morgan fingerprint density at radius 3 is 2.73 bits per heavy atom. The molecule has 0 aromatic heterocycles. The summed E-state index contributed by atoms with van der Waals surface area (Å²) < 4.78 is 24.1. The van der Waals surface area contributed by atoms with E-state index in [4.69, 9.17) is 15.2 Å². The maximum absolute atomic E-state index is 13.4. The van der Waals surface area contributed by atoms with E-state index in [0.29, 0.717) is 18.9 Å². The highest BCUT2D eigenvalue weighted by molar-refractivity contribution is 5.52. The molecule has 1 aromatic rings. The van der Waals surface area contributed by atoms with E-state index in [9.17, 15) is 4.39 Å². The fraction of sp³-hybridized carbons (Fsp3) is 0.455. The van der Waals surface area contributed by atoms with Gasteiger partial charge in [0, 0.05) is 12.8 Å². The van der Waals surface area contributed by atoms with Crippen LogP contribution in [0, 0.1) is 5.82 Å². The SMILES string of the molecule is Nc1cccc(F)c1OC1CCOCC1. The molecule has 0 spiro atoms. The summed E-state index contributed by atoms with van der Waals surface area (Å²) in [6.45, 7) is 1.33. The summed E-state index contributed by atoms with van der Waals surface area (Å²) >= 11 is 0. The third-order valence-electron chi connectivity index (χ3n) is 2.45. The maximum Gasteiger partial charge on any atom is 0.178 e. The number of hydrogen-bond donors (Lipinski definition) is 1. The zero-order valence-electron chi connectivity index (χ0n) is 8.41. The fourth-order valence-electron chi connectivity index (χ4n) is 1.61. The second-order valence-corrected chi connectivity index (χ2v) is 3.59. The summed E-state index contributed by atoms with van der Waals surface area (Å²) in [6, 6.07) is 4.56. The quantitative estimate of drug-likeness (QED) is 0.760.